The third-order valence-electron chi connectivity index (χ3n) is 4.23. The molecule has 2 N–H and O–H groups in total. The molecule has 2 heterocycles. The summed E-state index contributed by atoms with van der Waals surface area (Å²) < 4.78 is 1.15. The first-order valence-electron chi connectivity index (χ1n) is 8.13. The highest BCUT2D eigenvalue weighted by Crippen LogP contribution is 2.22. The Morgan fingerprint density at radius 2 is 2.08 bits per heavy atom. The van der Waals surface area contributed by atoms with Gasteiger partial charge in [-0.05, 0) is 24.1 Å². The van der Waals surface area contributed by atoms with E-state index in [0.29, 0.717) is 23.0 Å². The molecule has 6 nitrogen and oxygen atoms in total. The first kappa shape index (κ1) is 15.8. The van der Waals surface area contributed by atoms with E-state index in [1.165, 1.54) is 12.5 Å². The van der Waals surface area contributed by atoms with E-state index < -0.39 is 0 Å². The van der Waals surface area contributed by atoms with Crippen molar-refractivity contribution in [1.82, 2.24) is 14.6 Å². The van der Waals surface area contributed by atoms with Crippen LogP contribution in [0.15, 0.2) is 71.3 Å². The lowest BCUT2D eigenvalue weighted by molar-refractivity contribution is 0.469. The molecule has 0 aliphatic rings. The standard InChI is InChI=1S/C20H16N4O2/c1-2-6-13-7-5-8-14(19(13)25)11-22-24-12-21-17-15-9-3-4-10-16(15)23-18(17)20(24)26/h2-5,7-12,23,25H,1,6H2/b22-11+. The molecule has 0 amide bonds. The van der Waals surface area contributed by atoms with Crippen molar-refractivity contribution in [3.8, 4) is 5.75 Å². The number of fused-ring (bicyclic) bond motifs is 3. The van der Waals surface area contributed by atoms with E-state index in [-0.39, 0.29) is 11.3 Å². The largest absolute Gasteiger partial charge is 0.507 e. The third kappa shape index (κ3) is 2.57. The van der Waals surface area contributed by atoms with E-state index in [1.807, 2.05) is 36.4 Å². The Bertz CT molecular complexity index is 1220. The lowest BCUT2D eigenvalue weighted by atomic mass is 10.1. The SMILES string of the molecule is C=CCc1cccc(/C=N/n2cnc3c([nH]c4ccccc43)c2=O)c1O. The van der Waals surface area contributed by atoms with Crippen molar-refractivity contribution in [2.45, 2.75) is 6.42 Å². The number of allylic oxidation sites excluding steroid dienone is 1. The number of benzene rings is 2. The third-order valence-corrected chi connectivity index (χ3v) is 4.23. The second-order valence-electron chi connectivity index (χ2n) is 5.88. The quantitative estimate of drug-likeness (QED) is 0.440. The maximum absolute atomic E-state index is 12.7. The monoisotopic (exact) mass is 344 g/mol. The maximum atomic E-state index is 12.7. The molecule has 0 fully saturated rings. The van der Waals surface area contributed by atoms with Gasteiger partial charge in [0.2, 0.25) is 0 Å². The van der Waals surface area contributed by atoms with Crippen molar-refractivity contribution in [2.24, 2.45) is 5.10 Å². The Labute approximate surface area is 148 Å². The van der Waals surface area contributed by atoms with Crippen molar-refractivity contribution in [3.63, 3.8) is 0 Å². The number of H-pyrrole nitrogens is 1. The second-order valence-corrected chi connectivity index (χ2v) is 5.88. The van der Waals surface area contributed by atoms with E-state index in [4.69, 9.17) is 0 Å². The Balaban J connectivity index is 1.78. The molecule has 26 heavy (non-hydrogen) atoms. The molecule has 0 bridgehead atoms. The zero-order chi connectivity index (χ0) is 18.1. The van der Waals surface area contributed by atoms with Crippen LogP contribution in [0.25, 0.3) is 21.9 Å². The number of hydrogen-bond acceptors (Lipinski definition) is 4. The van der Waals surface area contributed by atoms with Crippen LogP contribution in [0.2, 0.25) is 0 Å². The molecule has 0 radical (unpaired) electrons. The molecule has 0 aliphatic carbocycles. The number of nitrogens with one attached hydrogen (secondary N) is 1. The minimum Gasteiger partial charge on any atom is -0.507 e. The summed E-state index contributed by atoms with van der Waals surface area (Å²) in [6, 6.07) is 13.0. The van der Waals surface area contributed by atoms with Crippen molar-refractivity contribution in [2.75, 3.05) is 0 Å². The fraction of sp³-hybridized carbons (Fsp3) is 0.0500. The van der Waals surface area contributed by atoms with E-state index in [2.05, 4.69) is 21.6 Å². The van der Waals surface area contributed by atoms with Gasteiger partial charge in [0.1, 0.15) is 23.1 Å². The minimum absolute atomic E-state index is 0.129. The fourth-order valence-electron chi connectivity index (χ4n) is 2.94. The zero-order valence-electron chi connectivity index (χ0n) is 13.9. The number of nitrogens with zero attached hydrogens (tertiary/aromatic N) is 3. The summed E-state index contributed by atoms with van der Waals surface area (Å²) in [5.41, 5.74) is 2.84. The maximum Gasteiger partial charge on any atom is 0.298 e. The van der Waals surface area contributed by atoms with Gasteiger partial charge >= 0.3 is 0 Å². The van der Waals surface area contributed by atoms with E-state index in [1.54, 1.807) is 12.1 Å². The molecule has 0 aliphatic heterocycles. The van der Waals surface area contributed by atoms with Crippen molar-refractivity contribution in [3.05, 3.63) is 82.9 Å². The molecule has 0 unspecified atom stereocenters. The average Bonchev–Trinajstić information content (AvgIpc) is 3.04. The van der Waals surface area contributed by atoms with E-state index in [9.17, 15) is 9.90 Å². The summed E-state index contributed by atoms with van der Waals surface area (Å²) in [6.07, 6.45) is 5.09. The number of para-hydroxylation sites is 2. The van der Waals surface area contributed by atoms with Crippen molar-refractivity contribution >= 4 is 28.2 Å². The highest BCUT2D eigenvalue weighted by atomic mass is 16.3. The Morgan fingerprint density at radius 1 is 1.23 bits per heavy atom. The minimum atomic E-state index is -0.302. The van der Waals surface area contributed by atoms with Gasteiger partial charge in [0.25, 0.3) is 5.56 Å². The molecule has 0 spiro atoms. The van der Waals surface area contributed by atoms with Gasteiger partial charge in [0, 0.05) is 16.5 Å². The number of aromatic hydroxyl groups is 1. The number of hydrogen-bond donors (Lipinski definition) is 2. The summed E-state index contributed by atoms with van der Waals surface area (Å²) in [6.45, 7) is 3.68. The lowest BCUT2D eigenvalue weighted by Gasteiger charge is -2.04. The summed E-state index contributed by atoms with van der Waals surface area (Å²) in [7, 11) is 0. The smallest absolute Gasteiger partial charge is 0.298 e. The van der Waals surface area contributed by atoms with Crippen LogP contribution in [0.4, 0.5) is 0 Å². The van der Waals surface area contributed by atoms with Crippen LogP contribution < -0.4 is 5.56 Å². The predicted octanol–water partition coefficient (Wildman–Crippen LogP) is 3.19. The van der Waals surface area contributed by atoms with Crippen LogP contribution >= 0.6 is 0 Å². The topological polar surface area (TPSA) is 83.3 Å². The first-order valence-corrected chi connectivity index (χ1v) is 8.13. The fourth-order valence-corrected chi connectivity index (χ4v) is 2.94. The van der Waals surface area contributed by atoms with Crippen LogP contribution in [0, 0.1) is 0 Å². The number of phenols is 1. The molecule has 128 valence electrons. The molecule has 0 saturated heterocycles. The van der Waals surface area contributed by atoms with Gasteiger partial charge in [-0.2, -0.15) is 9.78 Å². The van der Waals surface area contributed by atoms with Crippen molar-refractivity contribution in [1.29, 1.82) is 0 Å². The summed E-state index contributed by atoms with van der Waals surface area (Å²) in [4.78, 5) is 20.1. The van der Waals surface area contributed by atoms with Gasteiger partial charge in [-0.1, -0.05) is 36.4 Å². The summed E-state index contributed by atoms with van der Waals surface area (Å²) in [5.74, 6) is 0.129. The van der Waals surface area contributed by atoms with Gasteiger partial charge in [-0.25, -0.2) is 4.98 Å². The molecule has 6 heteroatoms. The Kier molecular flexibility index (Phi) is 3.85. The van der Waals surface area contributed by atoms with Gasteiger partial charge in [-0.3, -0.25) is 4.79 Å². The highest BCUT2D eigenvalue weighted by Gasteiger charge is 2.10. The molecular formula is C20H16N4O2. The molecule has 0 atom stereocenters. The molecule has 4 aromatic rings. The van der Waals surface area contributed by atoms with E-state index in [0.717, 1.165) is 21.1 Å². The number of rotatable bonds is 4. The zero-order valence-corrected chi connectivity index (χ0v) is 13.9. The average molecular weight is 344 g/mol. The molecule has 4 rings (SSSR count). The van der Waals surface area contributed by atoms with Gasteiger partial charge in [-0.15, -0.1) is 6.58 Å². The first-order chi connectivity index (χ1) is 12.7. The Hall–Kier alpha value is -3.67. The molecule has 2 aromatic heterocycles. The normalized spacial score (nSPS) is 11.5. The molecular weight excluding hydrogens is 328 g/mol. The van der Waals surface area contributed by atoms with Gasteiger partial charge in [0.15, 0.2) is 0 Å². The van der Waals surface area contributed by atoms with Gasteiger partial charge < -0.3 is 10.1 Å². The Morgan fingerprint density at radius 3 is 2.92 bits per heavy atom. The summed E-state index contributed by atoms with van der Waals surface area (Å²) >= 11 is 0. The lowest BCUT2D eigenvalue weighted by Crippen LogP contribution is -2.17. The molecule has 0 saturated carbocycles. The van der Waals surface area contributed by atoms with Crippen LogP contribution in [-0.4, -0.2) is 26.0 Å². The van der Waals surface area contributed by atoms with Crippen molar-refractivity contribution < 1.29 is 5.11 Å². The van der Waals surface area contributed by atoms with Crippen LogP contribution in [0.1, 0.15) is 11.1 Å². The number of phenolic OH excluding ortho intramolecular Hbond substituents is 1. The van der Waals surface area contributed by atoms with Crippen LogP contribution in [-0.2, 0) is 6.42 Å². The van der Waals surface area contributed by atoms with Crippen LogP contribution in [0.3, 0.4) is 0 Å². The summed E-state index contributed by atoms with van der Waals surface area (Å²) in [5, 5.41) is 15.3. The van der Waals surface area contributed by atoms with Crippen LogP contribution in [0.5, 0.6) is 5.75 Å². The van der Waals surface area contributed by atoms with Gasteiger partial charge in [0.05, 0.1) is 6.21 Å². The number of aromatic nitrogens is 3. The van der Waals surface area contributed by atoms with E-state index >= 15 is 0 Å². The number of aromatic amines is 1. The predicted molar refractivity (Wildman–Crippen MR) is 103 cm³/mol. The second kappa shape index (κ2) is 6.33. The highest BCUT2D eigenvalue weighted by molar-refractivity contribution is 6.04. The molecule has 2 aromatic carbocycles.